The fraction of sp³-hybridized carbons (Fsp3) is 0.500. The Kier molecular flexibility index (Phi) is 11.9. The van der Waals surface area contributed by atoms with Crippen LogP contribution in [0, 0.1) is 0 Å². The molecular formula is C6H10NNaO3S. The van der Waals surface area contributed by atoms with E-state index in [0.717, 1.165) is 18.5 Å². The van der Waals surface area contributed by atoms with E-state index in [1.807, 2.05) is 0 Å². The molecule has 0 saturated heterocycles. The van der Waals surface area contributed by atoms with E-state index in [1.165, 1.54) is 7.11 Å². The summed E-state index contributed by atoms with van der Waals surface area (Å²) in [7, 11) is 1.38. The second kappa shape index (κ2) is 9.57. The average molecular weight is 199 g/mol. The number of nitrogens with zero attached hydrogens (tertiary/aromatic N) is 1. The zero-order valence-corrected chi connectivity index (χ0v) is 10.5. The summed E-state index contributed by atoms with van der Waals surface area (Å²) in [5.41, 5.74) is 1.21. The Morgan fingerprint density at radius 3 is 2.50 bits per heavy atom. The van der Waals surface area contributed by atoms with E-state index < -0.39 is 0 Å². The summed E-state index contributed by atoms with van der Waals surface area (Å²) in [6, 6.07) is 0. The van der Waals surface area contributed by atoms with Gasteiger partial charge in [-0.25, -0.2) is 4.89 Å². The minimum atomic E-state index is 0. The first-order valence-electron chi connectivity index (χ1n) is 2.92. The molecule has 0 aromatic rings. The Balaban J connectivity index is 0. The second-order valence-electron chi connectivity index (χ2n) is 1.79. The van der Waals surface area contributed by atoms with Crippen LogP contribution in [0.25, 0.3) is 0 Å². The molecule has 0 N–H and O–H groups in total. The van der Waals surface area contributed by atoms with Crippen molar-refractivity contribution in [3.05, 3.63) is 11.8 Å². The van der Waals surface area contributed by atoms with E-state index in [0.29, 0.717) is 11.3 Å². The molecule has 0 amide bonds. The third-order valence-electron chi connectivity index (χ3n) is 1.02. The molecule has 0 aliphatic rings. The van der Waals surface area contributed by atoms with Gasteiger partial charge in [-0.1, -0.05) is 0 Å². The van der Waals surface area contributed by atoms with Crippen LogP contribution in [0.15, 0.2) is 16.2 Å². The molecule has 0 aromatic heterocycles. The number of hydrogen-bond donors (Lipinski definition) is 0. The molecule has 0 saturated carbocycles. The summed E-state index contributed by atoms with van der Waals surface area (Å²) < 4.78 is 8.20. The first-order valence-corrected chi connectivity index (χ1v) is 3.62. The van der Waals surface area contributed by atoms with Crippen molar-refractivity contribution >= 4 is 17.9 Å². The molecule has 0 aliphatic heterocycles. The SMILES string of the molecule is COOSN=C(C)/C(C)=C/[O-].[Na+]. The number of rotatable bonds is 4. The van der Waals surface area contributed by atoms with Gasteiger partial charge in [-0.05, 0) is 19.4 Å². The number of allylic oxidation sites excluding steroid dienone is 1. The standard InChI is InChI=1S/C6H11NO3S.Na/c1-5(4-8)6(2)7-11-10-9-3;/h4,8H,1-3H3;/q;+1/p-1/b5-4+,7-6?;. The Morgan fingerprint density at radius 1 is 1.50 bits per heavy atom. The van der Waals surface area contributed by atoms with E-state index in [9.17, 15) is 5.11 Å². The Labute approximate surface area is 98.6 Å². The van der Waals surface area contributed by atoms with Crippen LogP contribution in [0.2, 0.25) is 0 Å². The van der Waals surface area contributed by atoms with Crippen molar-refractivity contribution < 1.29 is 43.9 Å². The van der Waals surface area contributed by atoms with Crippen molar-refractivity contribution in [3.8, 4) is 0 Å². The van der Waals surface area contributed by atoms with Crippen LogP contribution >= 0.6 is 12.2 Å². The first kappa shape index (κ1) is 15.0. The molecule has 0 heterocycles. The van der Waals surface area contributed by atoms with E-state index in [4.69, 9.17) is 0 Å². The van der Waals surface area contributed by atoms with E-state index >= 15 is 0 Å². The maximum atomic E-state index is 10.2. The fourth-order valence-corrected chi connectivity index (χ4v) is 0.606. The van der Waals surface area contributed by atoms with Crippen LogP contribution in [0.5, 0.6) is 0 Å². The number of hydrogen-bond acceptors (Lipinski definition) is 5. The normalized spacial score (nSPS) is 12.6. The Bertz CT molecular complexity index is 172. The van der Waals surface area contributed by atoms with Gasteiger partial charge in [0.2, 0.25) is 0 Å². The van der Waals surface area contributed by atoms with Crippen LogP contribution in [-0.2, 0) is 9.22 Å². The molecule has 6 heteroatoms. The largest absolute Gasteiger partial charge is 1.00 e. The molecule has 0 atom stereocenters. The van der Waals surface area contributed by atoms with E-state index in [2.05, 4.69) is 13.6 Å². The van der Waals surface area contributed by atoms with Gasteiger partial charge in [0, 0.05) is 5.71 Å². The zero-order chi connectivity index (χ0) is 8.69. The van der Waals surface area contributed by atoms with Crippen LogP contribution in [-0.4, -0.2) is 12.8 Å². The van der Waals surface area contributed by atoms with Crippen LogP contribution in [0.1, 0.15) is 13.8 Å². The maximum absolute atomic E-state index is 10.2. The molecule has 4 nitrogen and oxygen atoms in total. The predicted octanol–water partition coefficient (Wildman–Crippen LogP) is -2.14. The maximum Gasteiger partial charge on any atom is 1.00 e. The van der Waals surface area contributed by atoms with Crippen molar-refractivity contribution in [2.75, 3.05) is 7.11 Å². The van der Waals surface area contributed by atoms with Crippen molar-refractivity contribution in [1.82, 2.24) is 0 Å². The predicted molar refractivity (Wildman–Crippen MR) is 42.6 cm³/mol. The minimum Gasteiger partial charge on any atom is -0.878 e. The molecule has 0 rings (SSSR count). The molecule has 0 bridgehead atoms. The van der Waals surface area contributed by atoms with E-state index in [1.54, 1.807) is 13.8 Å². The smallest absolute Gasteiger partial charge is 0.878 e. The fourth-order valence-electron chi connectivity index (χ4n) is 0.259. The Morgan fingerprint density at radius 2 is 2.08 bits per heavy atom. The molecule has 12 heavy (non-hydrogen) atoms. The molecule has 0 unspecified atom stereocenters. The molecule has 0 fully saturated rings. The quantitative estimate of drug-likeness (QED) is 0.0757. The Hall–Kier alpha value is 0.480. The third kappa shape index (κ3) is 7.15. The summed E-state index contributed by atoms with van der Waals surface area (Å²) in [5, 5.41) is 10.2. The summed E-state index contributed by atoms with van der Waals surface area (Å²) in [6.07, 6.45) is 0.742. The molecule has 64 valence electrons. The second-order valence-corrected chi connectivity index (χ2v) is 2.25. The average Bonchev–Trinajstić information content (AvgIpc) is 2.03. The summed E-state index contributed by atoms with van der Waals surface area (Å²) in [5.74, 6) is 0. The summed E-state index contributed by atoms with van der Waals surface area (Å²) >= 11 is 0.791. The van der Waals surface area contributed by atoms with Crippen LogP contribution < -0.4 is 34.7 Å². The van der Waals surface area contributed by atoms with Gasteiger partial charge in [0.25, 0.3) is 0 Å². The topological polar surface area (TPSA) is 53.9 Å². The third-order valence-corrected chi connectivity index (χ3v) is 1.57. The molecule has 0 aliphatic carbocycles. The van der Waals surface area contributed by atoms with Gasteiger partial charge in [0.05, 0.1) is 7.11 Å². The van der Waals surface area contributed by atoms with Crippen LogP contribution in [0.4, 0.5) is 0 Å². The van der Waals surface area contributed by atoms with Crippen molar-refractivity contribution in [3.63, 3.8) is 0 Å². The summed E-state index contributed by atoms with van der Waals surface area (Å²) in [6.45, 7) is 3.40. The van der Waals surface area contributed by atoms with Gasteiger partial charge in [0.15, 0.2) is 12.2 Å². The van der Waals surface area contributed by atoms with Gasteiger partial charge < -0.3 is 5.11 Å². The van der Waals surface area contributed by atoms with Gasteiger partial charge in [-0.3, -0.25) is 0 Å². The molecule has 0 radical (unpaired) electrons. The van der Waals surface area contributed by atoms with Crippen molar-refractivity contribution in [1.29, 1.82) is 0 Å². The van der Waals surface area contributed by atoms with E-state index in [-0.39, 0.29) is 29.6 Å². The van der Waals surface area contributed by atoms with Crippen LogP contribution in [0.3, 0.4) is 0 Å². The monoisotopic (exact) mass is 199 g/mol. The van der Waals surface area contributed by atoms with Crippen molar-refractivity contribution in [2.45, 2.75) is 13.8 Å². The zero-order valence-electron chi connectivity index (χ0n) is 7.66. The van der Waals surface area contributed by atoms with Gasteiger partial charge >= 0.3 is 29.6 Å². The van der Waals surface area contributed by atoms with Gasteiger partial charge in [-0.15, -0.1) is 10.6 Å². The van der Waals surface area contributed by atoms with Gasteiger partial charge in [0.1, 0.15) is 0 Å². The van der Waals surface area contributed by atoms with Gasteiger partial charge in [-0.2, -0.15) is 4.40 Å². The van der Waals surface area contributed by atoms with Crippen molar-refractivity contribution in [2.24, 2.45) is 4.40 Å². The first-order chi connectivity index (χ1) is 5.22. The molecule has 0 spiro atoms. The minimum absolute atomic E-state index is 0. The summed E-state index contributed by atoms with van der Waals surface area (Å²) in [4.78, 5) is 4.26. The molecule has 0 aromatic carbocycles. The molecular weight excluding hydrogens is 189 g/mol.